The average Bonchev–Trinajstić information content (AvgIpc) is 2.27. The van der Waals surface area contributed by atoms with Gasteiger partial charge < -0.3 is 14.5 Å². The van der Waals surface area contributed by atoms with Crippen molar-refractivity contribution >= 4 is 13.7 Å². The van der Waals surface area contributed by atoms with E-state index in [-0.39, 0.29) is 6.42 Å². The summed E-state index contributed by atoms with van der Waals surface area (Å²) in [6, 6.07) is 7.83. The number of nitrogens with one attached hydrogen (secondary N) is 1. The van der Waals surface area contributed by atoms with Gasteiger partial charge in [0.05, 0.1) is 7.11 Å². The Hall–Kier alpha value is -1.20. The van der Waals surface area contributed by atoms with Gasteiger partial charge in [-0.25, -0.2) is 9.65 Å². The third-order valence-electron chi connectivity index (χ3n) is 2.09. The van der Waals surface area contributed by atoms with Gasteiger partial charge in [0.1, 0.15) is 6.04 Å². The van der Waals surface area contributed by atoms with Crippen molar-refractivity contribution in [1.82, 2.24) is 5.09 Å². The minimum Gasteiger partial charge on any atom is -0.468 e. The minimum absolute atomic E-state index is 0.151. The van der Waals surface area contributed by atoms with Crippen molar-refractivity contribution in [2.24, 2.45) is 0 Å². The molecule has 1 rings (SSSR count). The zero-order valence-electron chi connectivity index (χ0n) is 9.24. The molecule has 0 aliphatic rings. The molecule has 7 heteroatoms. The fourth-order valence-electron chi connectivity index (χ4n) is 1.38. The van der Waals surface area contributed by atoms with Gasteiger partial charge in [0.15, 0.2) is 0 Å². The summed E-state index contributed by atoms with van der Waals surface area (Å²) in [4.78, 5) is 29.0. The maximum absolute atomic E-state index is 11.4. The van der Waals surface area contributed by atoms with Crippen LogP contribution in [0.2, 0.25) is 0 Å². The van der Waals surface area contributed by atoms with E-state index in [4.69, 9.17) is 9.79 Å². The molecule has 0 heterocycles. The Morgan fingerprint density at radius 3 is 2.47 bits per heavy atom. The van der Waals surface area contributed by atoms with Crippen LogP contribution in [0, 0.1) is 0 Å². The second-order valence-corrected chi connectivity index (χ2v) is 4.78. The van der Waals surface area contributed by atoms with Gasteiger partial charge in [0, 0.05) is 0 Å². The molecule has 0 fully saturated rings. The van der Waals surface area contributed by atoms with Crippen LogP contribution in [0.15, 0.2) is 30.3 Å². The number of carbonyl (C=O) groups is 1. The molecule has 0 aliphatic carbocycles. The summed E-state index contributed by atoms with van der Waals surface area (Å²) < 4.78 is 15.3. The lowest BCUT2D eigenvalue weighted by molar-refractivity contribution is -0.142. The van der Waals surface area contributed by atoms with E-state index in [1.807, 2.05) is 11.2 Å². The van der Waals surface area contributed by atoms with Gasteiger partial charge in [-0.2, -0.15) is 0 Å². The van der Waals surface area contributed by atoms with Crippen molar-refractivity contribution in [3.8, 4) is 0 Å². The Morgan fingerprint density at radius 1 is 1.41 bits per heavy atom. The highest BCUT2D eigenvalue weighted by Gasteiger charge is 2.26. The van der Waals surface area contributed by atoms with Crippen molar-refractivity contribution in [3.63, 3.8) is 0 Å². The van der Waals surface area contributed by atoms with Gasteiger partial charge in [-0.15, -0.1) is 0 Å². The third kappa shape index (κ3) is 5.10. The number of esters is 1. The van der Waals surface area contributed by atoms with E-state index < -0.39 is 19.8 Å². The minimum atomic E-state index is -4.48. The summed E-state index contributed by atoms with van der Waals surface area (Å²) in [6.45, 7) is 0. The van der Waals surface area contributed by atoms with Crippen LogP contribution in [-0.2, 0) is 20.5 Å². The molecule has 94 valence electrons. The van der Waals surface area contributed by atoms with Crippen LogP contribution < -0.4 is 5.09 Å². The first kappa shape index (κ1) is 13.9. The second-order valence-electron chi connectivity index (χ2n) is 3.44. The van der Waals surface area contributed by atoms with E-state index in [9.17, 15) is 9.36 Å². The first-order valence-electron chi connectivity index (χ1n) is 4.87. The second kappa shape index (κ2) is 5.93. The van der Waals surface area contributed by atoms with Crippen LogP contribution in [0.3, 0.4) is 0 Å². The van der Waals surface area contributed by atoms with Gasteiger partial charge in [-0.1, -0.05) is 30.3 Å². The zero-order valence-corrected chi connectivity index (χ0v) is 10.1. The van der Waals surface area contributed by atoms with Crippen molar-refractivity contribution in [3.05, 3.63) is 35.9 Å². The Morgan fingerprint density at radius 2 is 2.00 bits per heavy atom. The molecule has 0 radical (unpaired) electrons. The first-order chi connectivity index (χ1) is 7.92. The first-order valence-corrected chi connectivity index (χ1v) is 6.48. The number of ether oxygens (including phenoxy) is 1. The van der Waals surface area contributed by atoms with E-state index in [2.05, 4.69) is 4.74 Å². The highest BCUT2D eigenvalue weighted by atomic mass is 31.2. The Balaban J connectivity index is 2.78. The summed E-state index contributed by atoms with van der Waals surface area (Å²) in [5, 5.41) is 1.95. The summed E-state index contributed by atoms with van der Waals surface area (Å²) >= 11 is 0. The molecule has 1 atom stereocenters. The van der Waals surface area contributed by atoms with Crippen LogP contribution in [0.25, 0.3) is 0 Å². The molecule has 0 aromatic heterocycles. The lowest BCUT2D eigenvalue weighted by Crippen LogP contribution is -2.37. The average molecular weight is 259 g/mol. The lowest BCUT2D eigenvalue weighted by atomic mass is 10.1. The number of rotatable bonds is 5. The molecular weight excluding hydrogens is 245 g/mol. The highest BCUT2D eigenvalue weighted by molar-refractivity contribution is 7.49. The van der Waals surface area contributed by atoms with Crippen LogP contribution in [0.1, 0.15) is 5.56 Å². The standard InChI is InChI=1S/C10H14NO5P/c1-16-10(12)9(11-17(13,14)15)7-8-5-3-2-4-6-8/h2-6,9H,7H2,1H3,(H3,11,13,14,15). The van der Waals surface area contributed by atoms with Crippen molar-refractivity contribution in [1.29, 1.82) is 0 Å². The van der Waals surface area contributed by atoms with Crippen molar-refractivity contribution in [2.75, 3.05) is 7.11 Å². The third-order valence-corrected chi connectivity index (χ3v) is 2.74. The highest BCUT2D eigenvalue weighted by Crippen LogP contribution is 2.29. The molecular formula is C10H14NO5P. The van der Waals surface area contributed by atoms with Gasteiger partial charge in [-0.05, 0) is 12.0 Å². The molecule has 0 aliphatic heterocycles. The number of carbonyl (C=O) groups excluding carboxylic acids is 1. The van der Waals surface area contributed by atoms with E-state index in [1.54, 1.807) is 24.3 Å². The molecule has 6 nitrogen and oxygen atoms in total. The van der Waals surface area contributed by atoms with Crippen LogP contribution in [0.5, 0.6) is 0 Å². The molecule has 1 aromatic rings. The lowest BCUT2D eigenvalue weighted by Gasteiger charge is -2.16. The van der Waals surface area contributed by atoms with Crippen LogP contribution in [-0.4, -0.2) is 28.9 Å². The number of benzene rings is 1. The fourth-order valence-corrected chi connectivity index (χ4v) is 1.98. The quantitative estimate of drug-likeness (QED) is 0.525. The van der Waals surface area contributed by atoms with E-state index in [1.165, 1.54) is 7.11 Å². The molecule has 1 unspecified atom stereocenters. The van der Waals surface area contributed by atoms with Gasteiger partial charge >= 0.3 is 13.7 Å². The predicted octanol–water partition coefficient (Wildman–Crippen LogP) is 0.453. The maximum Gasteiger partial charge on any atom is 0.401 e. The summed E-state index contributed by atoms with van der Waals surface area (Å²) in [5.74, 6) is -0.711. The van der Waals surface area contributed by atoms with Crippen LogP contribution >= 0.6 is 7.75 Å². The van der Waals surface area contributed by atoms with Crippen molar-refractivity contribution < 1.29 is 23.9 Å². The Labute approximate surface area is 98.8 Å². The van der Waals surface area contributed by atoms with Gasteiger partial charge in [0.2, 0.25) is 0 Å². The summed E-state index contributed by atoms with van der Waals surface area (Å²) in [6.07, 6.45) is 0.151. The summed E-state index contributed by atoms with van der Waals surface area (Å²) in [5.41, 5.74) is 0.781. The molecule has 0 bridgehead atoms. The molecule has 0 spiro atoms. The van der Waals surface area contributed by atoms with Crippen LogP contribution in [0.4, 0.5) is 0 Å². The SMILES string of the molecule is COC(=O)C(Cc1ccccc1)NP(=O)(O)O. The molecule has 17 heavy (non-hydrogen) atoms. The smallest absolute Gasteiger partial charge is 0.401 e. The largest absolute Gasteiger partial charge is 0.468 e. The normalized spacial score (nSPS) is 13.1. The van der Waals surface area contributed by atoms with Gasteiger partial charge in [0.25, 0.3) is 0 Å². The fraction of sp³-hybridized carbons (Fsp3) is 0.300. The van der Waals surface area contributed by atoms with Gasteiger partial charge in [-0.3, -0.25) is 4.79 Å². The monoisotopic (exact) mass is 259 g/mol. The maximum atomic E-state index is 11.4. The molecule has 0 saturated carbocycles. The van der Waals surface area contributed by atoms with Crippen molar-refractivity contribution in [2.45, 2.75) is 12.5 Å². The Kier molecular flexibility index (Phi) is 4.84. The molecule has 1 aromatic carbocycles. The molecule has 0 saturated heterocycles. The van der Waals surface area contributed by atoms with E-state index in [0.29, 0.717) is 0 Å². The van der Waals surface area contributed by atoms with E-state index in [0.717, 1.165) is 5.56 Å². The molecule has 0 amide bonds. The number of hydrogen-bond donors (Lipinski definition) is 3. The predicted molar refractivity (Wildman–Crippen MR) is 61.1 cm³/mol. The van der Waals surface area contributed by atoms with E-state index >= 15 is 0 Å². The Bertz CT molecular complexity index is 416. The topological polar surface area (TPSA) is 95.9 Å². The molecule has 3 N–H and O–H groups in total. The number of hydrogen-bond acceptors (Lipinski definition) is 3. The summed E-state index contributed by atoms with van der Waals surface area (Å²) in [7, 11) is -3.31. The number of methoxy groups -OCH3 is 1. The zero-order chi connectivity index (χ0) is 12.9.